The van der Waals surface area contributed by atoms with Crippen LogP contribution in [0.15, 0.2) is 173 Å². The second-order valence-corrected chi connectivity index (χ2v) is 34.6. The summed E-state index contributed by atoms with van der Waals surface area (Å²) in [5.74, 6) is 1.25. The third kappa shape index (κ3) is 17.7. The maximum atomic E-state index is 9.68. The smallest absolute Gasteiger partial charge is 0.0999 e. The molecule has 16 aromatic rings. The van der Waals surface area contributed by atoms with Crippen LogP contribution < -0.4 is 0 Å². The summed E-state index contributed by atoms with van der Waals surface area (Å²) in [4.78, 5) is 19.7. The van der Waals surface area contributed by atoms with Gasteiger partial charge in [0.2, 0.25) is 0 Å². The molecule has 0 bridgehead atoms. The second-order valence-electron chi connectivity index (χ2n) is 34.6. The van der Waals surface area contributed by atoms with Crippen LogP contribution in [0.5, 0.6) is 0 Å². The van der Waals surface area contributed by atoms with E-state index in [1.807, 2.05) is 110 Å². The van der Waals surface area contributed by atoms with Crippen LogP contribution in [0.3, 0.4) is 0 Å². The van der Waals surface area contributed by atoms with Gasteiger partial charge in [0, 0.05) is 94.1 Å². The first-order valence-corrected chi connectivity index (χ1v) is 42.5. The molecule has 4 aliphatic rings. The fourth-order valence-corrected chi connectivity index (χ4v) is 18.0. The van der Waals surface area contributed by atoms with E-state index >= 15 is 0 Å². The Balaban J connectivity index is 0.000000116. The number of nitrogens with zero attached hydrogens (tertiary/aromatic N) is 28. The van der Waals surface area contributed by atoms with Crippen molar-refractivity contribution in [3.63, 3.8) is 0 Å². The minimum Gasteiger partial charge on any atom is -0.394 e. The van der Waals surface area contributed by atoms with Gasteiger partial charge in [-0.2, -0.15) is 61.2 Å². The summed E-state index contributed by atoms with van der Waals surface area (Å²) in [6.45, 7) is 13.2. The van der Waals surface area contributed by atoms with Gasteiger partial charge < -0.3 is 40.9 Å². The zero-order valence-electron chi connectivity index (χ0n) is 69.9. The monoisotopic (exact) mass is 1670 g/mol. The second kappa shape index (κ2) is 35.7. The van der Waals surface area contributed by atoms with Crippen molar-refractivity contribution in [3.8, 4) is 90.1 Å². The fourth-order valence-electron chi connectivity index (χ4n) is 18.0. The molecule has 642 valence electrons. The van der Waals surface area contributed by atoms with E-state index in [1.54, 1.807) is 74.5 Å². The number of hydrogen-bond donors (Lipinski definition) is 8. The van der Waals surface area contributed by atoms with E-state index < -0.39 is 24.4 Å². The molecule has 4 aliphatic carbocycles. The van der Waals surface area contributed by atoms with Gasteiger partial charge in [0.15, 0.2) is 0 Å². The van der Waals surface area contributed by atoms with Crippen molar-refractivity contribution in [2.75, 3.05) is 33.0 Å². The summed E-state index contributed by atoms with van der Waals surface area (Å²) in [5, 5.41) is 129. The molecule has 123 heavy (non-hydrogen) atoms. The van der Waals surface area contributed by atoms with Crippen LogP contribution in [-0.4, -0.2) is 229 Å². The molecule has 4 saturated carbocycles. The molecule has 4 fully saturated rings. The fraction of sp³-hybridized carbons (Fsp3) is 0.448. The van der Waals surface area contributed by atoms with Crippen molar-refractivity contribution in [2.45, 2.75) is 193 Å². The van der Waals surface area contributed by atoms with Crippen LogP contribution in [0.2, 0.25) is 0 Å². The molecule has 16 heterocycles. The summed E-state index contributed by atoms with van der Waals surface area (Å²) in [7, 11) is 0. The zero-order valence-corrected chi connectivity index (χ0v) is 69.9. The van der Waals surface area contributed by atoms with E-state index in [9.17, 15) is 25.5 Å². The SMILES string of the molecule is CC1(C)CCC[C@@H]1n1cc(-c2nc(-c3cnn(C[C@@H](O)CO)c3)cn3nccc23)cn1.CC1(C)CCC[C@H]1n1cc(-c2nc(-c3cnn(C[C@@H](O)CO)c3)cn3nccc23)cn1.C[C@@H]1CCCC[C@H]1n1cc(-c2nc(-c3cnn(C(CO)CO)c3)cn3nccc23)cn1.C[C@@H]1CCC[C@@H]1n1cc(-c2nc(-c3cnn(C[C@@H](O)CO)c3)cn3nccc23)cn1. The summed E-state index contributed by atoms with van der Waals surface area (Å²) in [5.41, 5.74) is 17.4. The van der Waals surface area contributed by atoms with E-state index in [0.29, 0.717) is 41.7 Å². The molecular formula is C87H106N28O8. The predicted molar refractivity (Wildman–Crippen MR) is 456 cm³/mol. The first kappa shape index (κ1) is 83.1. The highest BCUT2D eigenvalue weighted by Crippen LogP contribution is 2.48. The molecule has 16 aromatic heterocycles. The van der Waals surface area contributed by atoms with Gasteiger partial charge in [-0.3, -0.25) is 37.5 Å². The highest BCUT2D eigenvalue weighted by molar-refractivity contribution is 5.81. The Morgan fingerprint density at radius 3 is 0.959 bits per heavy atom. The van der Waals surface area contributed by atoms with Crippen molar-refractivity contribution >= 4 is 22.1 Å². The third-order valence-electron chi connectivity index (χ3n) is 25.0. The number of aromatic nitrogens is 28. The lowest BCUT2D eigenvalue weighted by Gasteiger charge is -2.28. The molecule has 36 nitrogen and oxygen atoms in total. The van der Waals surface area contributed by atoms with E-state index in [-0.39, 0.29) is 63.5 Å². The molecule has 36 heteroatoms. The van der Waals surface area contributed by atoms with E-state index in [0.717, 1.165) is 132 Å². The minimum atomic E-state index is -0.851. The van der Waals surface area contributed by atoms with Gasteiger partial charge in [-0.1, -0.05) is 73.6 Å². The molecule has 8 N–H and O–H groups in total. The number of fused-ring (bicyclic) bond motifs is 4. The van der Waals surface area contributed by atoms with Crippen LogP contribution >= 0.6 is 0 Å². The van der Waals surface area contributed by atoms with Gasteiger partial charge in [0.1, 0.15) is 0 Å². The Kier molecular flexibility index (Phi) is 24.1. The van der Waals surface area contributed by atoms with Crippen molar-refractivity contribution in [1.82, 2.24) is 137 Å². The summed E-state index contributed by atoms with van der Waals surface area (Å²) in [6.07, 6.45) is 57.6. The standard InChI is InChI=1S/3C22H27N7O2.C21H25N7O2/c2*1-22(2)6-3-4-20(22)29-11-16(9-25-29)21-19-5-7-23-28(19)13-18(26-21)15-8-24-27(10-15)12-17(31)14-30;1-15-4-2-3-5-20(15)28-11-17(9-25-28)22-21-6-7-23-29(21)12-19(26-22)16-8-24-27(10-16)18(13-30)14-31;1-14-3-2-4-19(14)27-10-16(8-24-27)21-20-5-6-22-28(20)12-18(25-21)15-7-23-26(9-15)11-17(30)13-29/h2*5,7-11,13,17,20,30-31H,3-4,6,12,14H2,1-2H3;6-12,15,18,20,30-31H,2-5,13-14H2,1H3;5-10,12,14,17,19,29-30H,2-4,11,13H2,1H3/t17-,20+;17-,20-;15-,20-;14-,17-,19+/m1111/s1. The number of aliphatic hydroxyl groups is 8. The lowest BCUT2D eigenvalue weighted by Crippen LogP contribution is -2.21. The Bertz CT molecular complexity index is 6050. The Labute approximate surface area is 708 Å². The molecule has 0 aliphatic heterocycles. The van der Waals surface area contributed by atoms with Crippen LogP contribution in [0.4, 0.5) is 0 Å². The average Bonchev–Trinajstić information content (AvgIpc) is 1.64. The molecule has 20 rings (SSSR count). The predicted octanol–water partition coefficient (Wildman–Crippen LogP) is 10.0. The lowest BCUT2D eigenvalue weighted by atomic mass is 9.86. The highest BCUT2D eigenvalue weighted by Gasteiger charge is 2.38. The van der Waals surface area contributed by atoms with Gasteiger partial charge >= 0.3 is 0 Å². The molecular weight excluding hydrogens is 1570 g/mol. The largest absolute Gasteiger partial charge is 0.394 e. The first-order chi connectivity index (χ1) is 59.7. The molecule has 9 atom stereocenters. The molecule has 0 aromatic carbocycles. The van der Waals surface area contributed by atoms with Crippen molar-refractivity contribution < 1.29 is 40.9 Å². The maximum absolute atomic E-state index is 9.68. The minimum absolute atomic E-state index is 0.187. The Morgan fingerprint density at radius 1 is 0.325 bits per heavy atom. The van der Waals surface area contributed by atoms with E-state index in [4.69, 9.17) is 35.3 Å². The van der Waals surface area contributed by atoms with Gasteiger partial charge in [-0.05, 0) is 98.3 Å². The summed E-state index contributed by atoms with van der Waals surface area (Å²) < 4.78 is 22.0. The quantitative estimate of drug-likeness (QED) is 0.0279. The summed E-state index contributed by atoms with van der Waals surface area (Å²) in [6, 6.07) is 8.97. The van der Waals surface area contributed by atoms with Gasteiger partial charge in [-0.25, -0.2) is 38.0 Å². The van der Waals surface area contributed by atoms with Crippen molar-refractivity contribution in [1.29, 1.82) is 0 Å². The lowest BCUT2D eigenvalue weighted by molar-refractivity contribution is 0.0782. The number of hydrogen-bond acceptors (Lipinski definition) is 24. The van der Waals surface area contributed by atoms with Crippen molar-refractivity contribution in [2.24, 2.45) is 22.7 Å². The van der Waals surface area contributed by atoms with E-state index in [1.165, 1.54) is 57.8 Å². The molecule has 0 radical (unpaired) electrons. The summed E-state index contributed by atoms with van der Waals surface area (Å²) >= 11 is 0. The van der Waals surface area contributed by atoms with Gasteiger partial charge in [0.05, 0.1) is 268 Å². The maximum Gasteiger partial charge on any atom is 0.0999 e. The molecule has 0 amide bonds. The van der Waals surface area contributed by atoms with Crippen LogP contribution in [0, 0.1) is 22.7 Å². The van der Waals surface area contributed by atoms with Gasteiger partial charge in [-0.15, -0.1) is 0 Å². The van der Waals surface area contributed by atoms with Crippen LogP contribution in [0.1, 0.15) is 155 Å². The van der Waals surface area contributed by atoms with Crippen LogP contribution in [0.25, 0.3) is 112 Å². The topological polar surface area (TPSA) is 425 Å². The number of rotatable bonds is 24. The zero-order chi connectivity index (χ0) is 85.2. The Morgan fingerprint density at radius 2 is 0.634 bits per heavy atom. The Hall–Kier alpha value is -12.2. The van der Waals surface area contributed by atoms with Crippen LogP contribution in [-0.2, 0) is 19.6 Å². The highest BCUT2D eigenvalue weighted by atomic mass is 16.3. The normalized spacial score (nSPS) is 19.6. The van der Waals surface area contributed by atoms with Crippen molar-refractivity contribution in [3.05, 3.63) is 173 Å². The first-order valence-electron chi connectivity index (χ1n) is 42.5. The third-order valence-corrected chi connectivity index (χ3v) is 25.0. The molecule has 0 spiro atoms. The van der Waals surface area contributed by atoms with E-state index in [2.05, 4.69) is 146 Å². The number of aliphatic hydroxyl groups excluding tert-OH is 8. The van der Waals surface area contributed by atoms with Gasteiger partial charge in [0.25, 0.3) is 0 Å². The molecule has 0 unspecified atom stereocenters. The molecule has 0 saturated heterocycles. The average molecular weight is 1670 g/mol.